The predicted molar refractivity (Wildman–Crippen MR) is 96.2 cm³/mol. The largest absolute Gasteiger partial charge is 0.497 e. The van der Waals surface area contributed by atoms with Gasteiger partial charge in [0, 0.05) is 0 Å². The van der Waals surface area contributed by atoms with Crippen molar-refractivity contribution in [1.82, 2.24) is 0 Å². The Labute approximate surface area is 152 Å². The average Bonchev–Trinajstić information content (AvgIpc) is 2.66. The smallest absolute Gasteiger partial charge is 0.344 e. The quantitative estimate of drug-likeness (QED) is 0.533. The highest BCUT2D eigenvalue weighted by Crippen LogP contribution is 2.24. The van der Waals surface area contributed by atoms with E-state index in [2.05, 4.69) is 0 Å². The van der Waals surface area contributed by atoms with Crippen LogP contribution in [0.4, 0.5) is 0 Å². The highest BCUT2D eigenvalue weighted by molar-refractivity contribution is 6.00. The molecule has 0 aliphatic carbocycles. The highest BCUT2D eigenvalue weighted by atomic mass is 16.6. The number of carbonyl (C=O) groups is 2. The molecule has 0 unspecified atom stereocenters. The number of esters is 1. The molecule has 2 aromatic carbocycles. The lowest BCUT2D eigenvalue weighted by atomic mass is 10.1. The van der Waals surface area contributed by atoms with E-state index in [4.69, 9.17) is 18.9 Å². The van der Waals surface area contributed by atoms with Gasteiger partial charge in [-0.3, -0.25) is 4.79 Å². The fraction of sp³-hybridized carbons (Fsp3) is 0.300. The van der Waals surface area contributed by atoms with Crippen molar-refractivity contribution < 1.29 is 28.5 Å². The van der Waals surface area contributed by atoms with E-state index < -0.39 is 12.6 Å². The maximum Gasteiger partial charge on any atom is 0.344 e. The summed E-state index contributed by atoms with van der Waals surface area (Å²) in [5, 5.41) is 0. The number of Topliss-reactive ketones (excluding diaryl/α,β-unsaturated/α-hetero) is 1. The van der Waals surface area contributed by atoms with Crippen LogP contribution in [-0.2, 0) is 9.53 Å². The lowest BCUT2D eigenvalue weighted by molar-refractivity contribution is -0.144. The van der Waals surface area contributed by atoms with E-state index in [0.717, 1.165) is 11.1 Å². The molecule has 0 aliphatic rings. The van der Waals surface area contributed by atoms with E-state index in [9.17, 15) is 9.59 Å². The van der Waals surface area contributed by atoms with Gasteiger partial charge in [0.15, 0.2) is 13.2 Å². The molecule has 6 nitrogen and oxygen atoms in total. The molecule has 0 radical (unpaired) electrons. The van der Waals surface area contributed by atoms with Crippen LogP contribution in [0.1, 0.15) is 21.5 Å². The lowest BCUT2D eigenvalue weighted by Crippen LogP contribution is -2.20. The van der Waals surface area contributed by atoms with Crippen LogP contribution in [0.15, 0.2) is 36.4 Å². The van der Waals surface area contributed by atoms with E-state index in [-0.39, 0.29) is 18.0 Å². The van der Waals surface area contributed by atoms with Crippen molar-refractivity contribution in [3.8, 4) is 17.2 Å². The molecule has 0 spiro atoms. The number of benzene rings is 2. The summed E-state index contributed by atoms with van der Waals surface area (Å²) < 4.78 is 20.6. The summed E-state index contributed by atoms with van der Waals surface area (Å²) in [5.41, 5.74) is 2.49. The molecule has 0 saturated heterocycles. The van der Waals surface area contributed by atoms with Gasteiger partial charge >= 0.3 is 5.97 Å². The van der Waals surface area contributed by atoms with Gasteiger partial charge in [-0.2, -0.15) is 0 Å². The van der Waals surface area contributed by atoms with Crippen LogP contribution in [0, 0.1) is 13.8 Å². The van der Waals surface area contributed by atoms with Crippen molar-refractivity contribution in [1.29, 1.82) is 0 Å². The number of hydrogen-bond donors (Lipinski definition) is 0. The highest BCUT2D eigenvalue weighted by Gasteiger charge is 2.16. The van der Waals surface area contributed by atoms with Crippen molar-refractivity contribution in [2.24, 2.45) is 0 Å². The zero-order valence-electron chi connectivity index (χ0n) is 15.3. The lowest BCUT2D eigenvalue weighted by Gasteiger charge is -2.11. The van der Waals surface area contributed by atoms with Gasteiger partial charge in [-0.15, -0.1) is 0 Å². The molecule has 0 N–H and O–H groups in total. The molecule has 0 amide bonds. The molecular formula is C20H22O6. The first-order chi connectivity index (χ1) is 12.4. The number of hydrogen-bond acceptors (Lipinski definition) is 6. The maximum atomic E-state index is 12.3. The average molecular weight is 358 g/mol. The Morgan fingerprint density at radius 2 is 1.58 bits per heavy atom. The molecule has 0 bridgehead atoms. The Balaban J connectivity index is 1.90. The third kappa shape index (κ3) is 4.99. The number of ether oxygens (including phenoxy) is 4. The molecule has 0 saturated carbocycles. The Hall–Kier alpha value is -3.02. The molecule has 2 aromatic rings. The number of aryl methyl sites for hydroxylation is 2. The van der Waals surface area contributed by atoms with E-state index in [1.54, 1.807) is 24.3 Å². The monoisotopic (exact) mass is 358 g/mol. The normalized spacial score (nSPS) is 10.2. The second kappa shape index (κ2) is 8.89. The molecule has 0 fully saturated rings. The summed E-state index contributed by atoms with van der Waals surface area (Å²) in [7, 11) is 2.96. The van der Waals surface area contributed by atoms with Crippen molar-refractivity contribution in [3.63, 3.8) is 0 Å². The zero-order valence-corrected chi connectivity index (χ0v) is 15.3. The van der Waals surface area contributed by atoms with E-state index >= 15 is 0 Å². The second-order valence-corrected chi connectivity index (χ2v) is 5.68. The van der Waals surface area contributed by atoms with Crippen LogP contribution in [-0.4, -0.2) is 39.2 Å². The van der Waals surface area contributed by atoms with Crippen molar-refractivity contribution >= 4 is 11.8 Å². The van der Waals surface area contributed by atoms with Gasteiger partial charge in [0.25, 0.3) is 0 Å². The zero-order chi connectivity index (χ0) is 19.1. The summed E-state index contributed by atoms with van der Waals surface area (Å²) in [4.78, 5) is 24.1. The van der Waals surface area contributed by atoms with Gasteiger partial charge in [0.2, 0.25) is 5.78 Å². The number of methoxy groups -OCH3 is 2. The molecule has 26 heavy (non-hydrogen) atoms. The summed E-state index contributed by atoms with van der Waals surface area (Å²) in [6.45, 7) is 3.27. The molecular weight excluding hydrogens is 336 g/mol. The molecule has 0 atom stereocenters. The van der Waals surface area contributed by atoms with Gasteiger partial charge in [-0.25, -0.2) is 4.79 Å². The predicted octanol–water partition coefficient (Wildman–Crippen LogP) is 3.13. The Bertz CT molecular complexity index is 797. The first kappa shape index (κ1) is 19.3. The molecule has 6 heteroatoms. The Morgan fingerprint density at radius 1 is 0.846 bits per heavy atom. The fourth-order valence-electron chi connectivity index (χ4n) is 2.24. The van der Waals surface area contributed by atoms with Crippen LogP contribution >= 0.6 is 0 Å². The van der Waals surface area contributed by atoms with Crippen LogP contribution in [0.5, 0.6) is 17.2 Å². The Kier molecular flexibility index (Phi) is 6.60. The van der Waals surface area contributed by atoms with E-state index in [0.29, 0.717) is 17.2 Å². The van der Waals surface area contributed by atoms with Crippen LogP contribution < -0.4 is 14.2 Å². The summed E-state index contributed by atoms with van der Waals surface area (Å²) in [5.74, 6) is 0.460. The number of rotatable bonds is 8. The van der Waals surface area contributed by atoms with Gasteiger partial charge < -0.3 is 18.9 Å². The van der Waals surface area contributed by atoms with Gasteiger partial charge in [-0.05, 0) is 55.3 Å². The van der Waals surface area contributed by atoms with Crippen LogP contribution in [0.25, 0.3) is 0 Å². The van der Waals surface area contributed by atoms with Crippen molar-refractivity contribution in [2.75, 3.05) is 27.4 Å². The Morgan fingerprint density at radius 3 is 2.23 bits per heavy atom. The summed E-state index contributed by atoms with van der Waals surface area (Å²) >= 11 is 0. The van der Waals surface area contributed by atoms with Crippen LogP contribution in [0.2, 0.25) is 0 Å². The first-order valence-corrected chi connectivity index (χ1v) is 8.05. The molecule has 0 aliphatic heterocycles. The number of carbonyl (C=O) groups excluding carboxylic acids is 2. The molecule has 2 rings (SSSR count). The third-order valence-electron chi connectivity index (χ3n) is 3.91. The third-order valence-corrected chi connectivity index (χ3v) is 3.91. The standard InChI is InChI=1S/C20H22O6/c1-13-5-6-16(9-14(13)2)25-12-20(22)26-11-18(21)17-10-15(23-3)7-8-19(17)24-4/h5-10H,11-12H2,1-4H3. The number of ketones is 1. The topological polar surface area (TPSA) is 71.1 Å². The van der Waals surface area contributed by atoms with Gasteiger partial charge in [0.05, 0.1) is 19.8 Å². The van der Waals surface area contributed by atoms with E-state index in [1.807, 2.05) is 26.0 Å². The maximum absolute atomic E-state index is 12.3. The van der Waals surface area contributed by atoms with Gasteiger partial charge in [-0.1, -0.05) is 6.07 Å². The second-order valence-electron chi connectivity index (χ2n) is 5.68. The molecule has 0 heterocycles. The molecule has 0 aromatic heterocycles. The summed E-state index contributed by atoms with van der Waals surface area (Å²) in [6.07, 6.45) is 0. The molecule has 138 valence electrons. The van der Waals surface area contributed by atoms with Crippen molar-refractivity contribution in [3.05, 3.63) is 53.1 Å². The fourth-order valence-corrected chi connectivity index (χ4v) is 2.24. The van der Waals surface area contributed by atoms with Crippen LogP contribution in [0.3, 0.4) is 0 Å². The SMILES string of the molecule is COc1ccc(OC)c(C(=O)COC(=O)COc2ccc(C)c(C)c2)c1. The summed E-state index contributed by atoms with van der Waals surface area (Å²) in [6, 6.07) is 10.4. The van der Waals surface area contributed by atoms with E-state index in [1.165, 1.54) is 14.2 Å². The van der Waals surface area contributed by atoms with Gasteiger partial charge in [0.1, 0.15) is 17.2 Å². The minimum absolute atomic E-state index is 0.273. The first-order valence-electron chi connectivity index (χ1n) is 8.05. The minimum Gasteiger partial charge on any atom is -0.497 e. The minimum atomic E-state index is -0.626. The van der Waals surface area contributed by atoms with Crippen molar-refractivity contribution in [2.45, 2.75) is 13.8 Å².